The van der Waals surface area contributed by atoms with Crippen molar-refractivity contribution in [2.75, 3.05) is 32.8 Å². The third kappa shape index (κ3) is 5.86. The molecule has 1 heterocycles. The summed E-state index contributed by atoms with van der Waals surface area (Å²) >= 11 is 0. The van der Waals surface area contributed by atoms with Crippen LogP contribution in [0.25, 0.3) is 0 Å². The number of morpholine rings is 1. The fraction of sp³-hybridized carbons (Fsp3) is 0.500. The Morgan fingerprint density at radius 2 is 2.00 bits per heavy atom. The number of carboxylic acids is 1. The van der Waals surface area contributed by atoms with Crippen molar-refractivity contribution in [3.63, 3.8) is 0 Å². The summed E-state index contributed by atoms with van der Waals surface area (Å²) in [4.78, 5) is 38.5. The molecule has 1 aromatic rings. The Labute approximate surface area is 147 Å². The minimum absolute atomic E-state index is 0.0434. The van der Waals surface area contributed by atoms with E-state index >= 15 is 0 Å². The number of carboxylic acid groups (broad SMARTS) is 1. The number of aliphatic carboxylic acids is 1. The first-order chi connectivity index (χ1) is 12.0. The number of hydrogen-bond acceptors (Lipinski definition) is 4. The Hall–Kier alpha value is -2.41. The van der Waals surface area contributed by atoms with Crippen LogP contribution in [0.4, 0.5) is 0 Å². The second-order valence-electron chi connectivity index (χ2n) is 6.09. The van der Waals surface area contributed by atoms with Crippen LogP contribution < -0.4 is 0 Å². The van der Waals surface area contributed by atoms with Gasteiger partial charge in [-0.1, -0.05) is 30.3 Å². The van der Waals surface area contributed by atoms with Crippen LogP contribution in [0.3, 0.4) is 0 Å². The van der Waals surface area contributed by atoms with E-state index in [4.69, 9.17) is 9.84 Å². The molecule has 2 amide bonds. The highest BCUT2D eigenvalue weighted by molar-refractivity contribution is 5.84. The minimum atomic E-state index is -0.971. The van der Waals surface area contributed by atoms with Gasteiger partial charge in [0.05, 0.1) is 32.2 Å². The van der Waals surface area contributed by atoms with Gasteiger partial charge in [-0.15, -0.1) is 0 Å². The molecule has 1 atom stereocenters. The van der Waals surface area contributed by atoms with Gasteiger partial charge in [0.15, 0.2) is 0 Å². The minimum Gasteiger partial charge on any atom is -0.481 e. The van der Waals surface area contributed by atoms with Gasteiger partial charge in [-0.3, -0.25) is 14.4 Å². The summed E-state index contributed by atoms with van der Waals surface area (Å²) in [6.07, 6.45) is 0.505. The number of benzene rings is 1. The maximum absolute atomic E-state index is 12.6. The van der Waals surface area contributed by atoms with Gasteiger partial charge in [0.2, 0.25) is 11.8 Å². The lowest BCUT2D eigenvalue weighted by Gasteiger charge is -2.36. The summed E-state index contributed by atoms with van der Waals surface area (Å²) in [5.41, 5.74) is 1.09. The van der Waals surface area contributed by atoms with Gasteiger partial charge in [0.1, 0.15) is 0 Å². The number of amides is 2. The van der Waals surface area contributed by atoms with Crippen molar-refractivity contribution in [2.24, 2.45) is 0 Å². The summed E-state index contributed by atoms with van der Waals surface area (Å²) in [5, 5.41) is 8.99. The summed E-state index contributed by atoms with van der Waals surface area (Å²) in [5.74, 6) is -1.38. The van der Waals surface area contributed by atoms with E-state index in [1.165, 1.54) is 16.7 Å². The molecule has 1 aromatic carbocycles. The molecule has 7 heteroatoms. The van der Waals surface area contributed by atoms with E-state index in [0.717, 1.165) is 5.56 Å². The molecule has 0 spiro atoms. The van der Waals surface area contributed by atoms with Crippen LogP contribution in [-0.2, 0) is 25.5 Å². The molecule has 0 radical (unpaired) electrons. The highest BCUT2D eigenvalue weighted by Gasteiger charge is 2.30. The Morgan fingerprint density at radius 1 is 1.28 bits per heavy atom. The molecule has 25 heavy (non-hydrogen) atoms. The zero-order valence-electron chi connectivity index (χ0n) is 14.4. The largest absolute Gasteiger partial charge is 0.481 e. The predicted molar refractivity (Wildman–Crippen MR) is 91.0 cm³/mol. The molecule has 7 nitrogen and oxygen atoms in total. The number of hydrogen-bond donors (Lipinski definition) is 1. The molecule has 1 aliphatic rings. The zero-order chi connectivity index (χ0) is 18.2. The van der Waals surface area contributed by atoms with Crippen molar-refractivity contribution in [2.45, 2.75) is 25.8 Å². The van der Waals surface area contributed by atoms with Crippen LogP contribution in [0.2, 0.25) is 0 Å². The maximum Gasteiger partial charge on any atom is 0.305 e. The normalized spacial score (nSPS) is 17.2. The molecule has 1 saturated heterocycles. The van der Waals surface area contributed by atoms with E-state index in [2.05, 4.69) is 0 Å². The SMILES string of the molecule is CC(=O)N(CCc1ccccc1)CC(=O)N1CCOC[C@H]1CC(=O)O. The van der Waals surface area contributed by atoms with Gasteiger partial charge in [-0.2, -0.15) is 0 Å². The maximum atomic E-state index is 12.6. The molecular formula is C18H24N2O5. The van der Waals surface area contributed by atoms with Gasteiger partial charge in [0.25, 0.3) is 0 Å². The molecule has 0 aliphatic carbocycles. The molecule has 0 unspecified atom stereocenters. The Morgan fingerprint density at radius 3 is 2.64 bits per heavy atom. The molecule has 0 saturated carbocycles. The highest BCUT2D eigenvalue weighted by Crippen LogP contribution is 2.12. The summed E-state index contributed by atoms with van der Waals surface area (Å²) < 4.78 is 5.28. The van der Waals surface area contributed by atoms with Crippen molar-refractivity contribution in [1.29, 1.82) is 0 Å². The molecule has 0 bridgehead atoms. The molecule has 2 rings (SSSR count). The number of ether oxygens (including phenoxy) is 1. The van der Waals surface area contributed by atoms with E-state index in [1.807, 2.05) is 30.3 Å². The second kappa shape index (κ2) is 9.17. The third-order valence-corrected chi connectivity index (χ3v) is 4.24. The summed E-state index contributed by atoms with van der Waals surface area (Å²) in [6.45, 7) is 2.78. The average Bonchev–Trinajstić information content (AvgIpc) is 2.59. The average molecular weight is 348 g/mol. The lowest BCUT2D eigenvalue weighted by molar-refractivity contribution is -0.149. The van der Waals surface area contributed by atoms with E-state index in [9.17, 15) is 14.4 Å². The molecule has 1 aliphatic heterocycles. The zero-order valence-corrected chi connectivity index (χ0v) is 14.4. The van der Waals surface area contributed by atoms with Crippen LogP contribution in [0.15, 0.2) is 30.3 Å². The number of carbonyl (C=O) groups is 3. The number of nitrogens with zero attached hydrogens (tertiary/aromatic N) is 2. The fourth-order valence-corrected chi connectivity index (χ4v) is 2.86. The van der Waals surface area contributed by atoms with Crippen LogP contribution >= 0.6 is 0 Å². The van der Waals surface area contributed by atoms with Gasteiger partial charge in [-0.05, 0) is 12.0 Å². The monoisotopic (exact) mass is 348 g/mol. The summed E-state index contributed by atoms with van der Waals surface area (Å²) in [6, 6.07) is 9.26. The van der Waals surface area contributed by atoms with Gasteiger partial charge < -0.3 is 19.6 Å². The first-order valence-corrected chi connectivity index (χ1v) is 8.36. The fourth-order valence-electron chi connectivity index (χ4n) is 2.86. The van der Waals surface area contributed by atoms with E-state index < -0.39 is 12.0 Å². The predicted octanol–water partition coefficient (Wildman–Crippen LogP) is 0.780. The van der Waals surface area contributed by atoms with Crippen LogP contribution in [0.1, 0.15) is 18.9 Å². The lowest BCUT2D eigenvalue weighted by atomic mass is 10.1. The van der Waals surface area contributed by atoms with Gasteiger partial charge in [0, 0.05) is 20.0 Å². The molecule has 1 N–H and O–H groups in total. The summed E-state index contributed by atoms with van der Waals surface area (Å²) in [7, 11) is 0. The van der Waals surface area contributed by atoms with Crippen molar-refractivity contribution in [1.82, 2.24) is 9.80 Å². The van der Waals surface area contributed by atoms with E-state index in [1.54, 1.807) is 0 Å². The van der Waals surface area contributed by atoms with E-state index in [-0.39, 0.29) is 31.4 Å². The van der Waals surface area contributed by atoms with Gasteiger partial charge >= 0.3 is 5.97 Å². The second-order valence-corrected chi connectivity index (χ2v) is 6.09. The van der Waals surface area contributed by atoms with Crippen LogP contribution in [0.5, 0.6) is 0 Å². The van der Waals surface area contributed by atoms with Crippen molar-refractivity contribution in [3.05, 3.63) is 35.9 Å². The molecule has 0 aromatic heterocycles. The highest BCUT2D eigenvalue weighted by atomic mass is 16.5. The number of carbonyl (C=O) groups excluding carboxylic acids is 2. The first kappa shape index (κ1) is 18.9. The van der Waals surface area contributed by atoms with Crippen molar-refractivity contribution in [3.8, 4) is 0 Å². The standard InChI is InChI=1S/C18H24N2O5/c1-14(21)19(8-7-15-5-3-2-4-6-15)12-17(22)20-9-10-25-13-16(20)11-18(23)24/h2-6,16H,7-13H2,1H3,(H,23,24)/t16-/m1/s1. The first-order valence-electron chi connectivity index (χ1n) is 8.36. The number of rotatable bonds is 7. The Balaban J connectivity index is 1.96. The van der Waals surface area contributed by atoms with Crippen LogP contribution in [-0.4, -0.2) is 71.6 Å². The Bertz CT molecular complexity index is 605. The molecular weight excluding hydrogens is 324 g/mol. The lowest BCUT2D eigenvalue weighted by Crippen LogP contribution is -2.53. The quantitative estimate of drug-likeness (QED) is 0.787. The third-order valence-electron chi connectivity index (χ3n) is 4.24. The van der Waals surface area contributed by atoms with Gasteiger partial charge in [-0.25, -0.2) is 0 Å². The smallest absolute Gasteiger partial charge is 0.305 e. The Kier molecular flexibility index (Phi) is 6.94. The van der Waals surface area contributed by atoms with Crippen LogP contribution in [0, 0.1) is 0 Å². The molecule has 1 fully saturated rings. The molecule has 136 valence electrons. The van der Waals surface area contributed by atoms with Crippen molar-refractivity contribution >= 4 is 17.8 Å². The van der Waals surface area contributed by atoms with Crippen molar-refractivity contribution < 1.29 is 24.2 Å². The van der Waals surface area contributed by atoms with E-state index in [0.29, 0.717) is 26.1 Å². The topological polar surface area (TPSA) is 87.2 Å².